The van der Waals surface area contributed by atoms with Crippen molar-refractivity contribution < 1.29 is 4.79 Å². The number of rotatable bonds is 6. The molecule has 1 saturated heterocycles. The second-order valence-corrected chi connectivity index (χ2v) is 6.94. The molecule has 1 fully saturated rings. The zero-order valence-corrected chi connectivity index (χ0v) is 15.2. The minimum absolute atomic E-state index is 0.000271. The lowest BCUT2D eigenvalue weighted by Gasteiger charge is -2.32. The molecule has 5 nitrogen and oxygen atoms in total. The summed E-state index contributed by atoms with van der Waals surface area (Å²) < 4.78 is 1.83. The molecule has 0 spiro atoms. The van der Waals surface area contributed by atoms with Gasteiger partial charge >= 0.3 is 0 Å². The van der Waals surface area contributed by atoms with Gasteiger partial charge in [0, 0.05) is 38.4 Å². The largest absolute Gasteiger partial charge is 0.349 e. The molecule has 0 bridgehead atoms. The predicted octanol–water partition coefficient (Wildman–Crippen LogP) is 3.00. The van der Waals surface area contributed by atoms with Crippen LogP contribution in [0.4, 0.5) is 0 Å². The fourth-order valence-electron chi connectivity index (χ4n) is 3.36. The van der Waals surface area contributed by atoms with E-state index >= 15 is 0 Å². The summed E-state index contributed by atoms with van der Waals surface area (Å²) in [4.78, 5) is 14.8. The summed E-state index contributed by atoms with van der Waals surface area (Å²) in [7, 11) is 0. The molecule has 134 valence electrons. The highest BCUT2D eigenvalue weighted by molar-refractivity contribution is 5.93. The standard InChI is InChI=1S/C20H28N4O/c1-3-10-24-15-18(13-21-24)20(25)22-19-8-11-23(12-9-19)14-17-7-5-4-6-16(17)2/h4-7,13,15,19H,3,8-12,14H2,1-2H3,(H,22,25). The molecule has 1 aliphatic rings. The second kappa shape index (κ2) is 8.30. The monoisotopic (exact) mass is 340 g/mol. The van der Waals surface area contributed by atoms with Crippen molar-refractivity contribution in [1.82, 2.24) is 20.0 Å². The molecule has 0 aliphatic carbocycles. The van der Waals surface area contributed by atoms with Gasteiger partial charge in [0.1, 0.15) is 0 Å². The quantitative estimate of drug-likeness (QED) is 0.879. The van der Waals surface area contributed by atoms with Crippen LogP contribution in [0.5, 0.6) is 0 Å². The van der Waals surface area contributed by atoms with Gasteiger partial charge in [-0.1, -0.05) is 31.2 Å². The van der Waals surface area contributed by atoms with Crippen LogP contribution in [-0.2, 0) is 13.1 Å². The Morgan fingerprint density at radius 3 is 2.76 bits per heavy atom. The molecule has 2 heterocycles. The summed E-state index contributed by atoms with van der Waals surface area (Å²) in [6.45, 7) is 8.16. The average Bonchev–Trinajstić information content (AvgIpc) is 3.08. The third-order valence-electron chi connectivity index (χ3n) is 4.93. The zero-order chi connectivity index (χ0) is 17.6. The Balaban J connectivity index is 1.47. The highest BCUT2D eigenvalue weighted by Gasteiger charge is 2.22. The van der Waals surface area contributed by atoms with Crippen LogP contribution in [-0.4, -0.2) is 39.7 Å². The number of aryl methyl sites for hydroxylation is 2. The molecule has 25 heavy (non-hydrogen) atoms. The Kier molecular flexibility index (Phi) is 5.87. The van der Waals surface area contributed by atoms with Crippen molar-refractivity contribution in [3.63, 3.8) is 0 Å². The molecule has 0 radical (unpaired) electrons. The Labute approximate surface area is 150 Å². The van der Waals surface area contributed by atoms with Crippen LogP contribution in [0.3, 0.4) is 0 Å². The Morgan fingerprint density at radius 1 is 1.28 bits per heavy atom. The number of benzene rings is 1. The minimum atomic E-state index is -0.000271. The summed E-state index contributed by atoms with van der Waals surface area (Å²) >= 11 is 0. The number of piperidine rings is 1. The van der Waals surface area contributed by atoms with E-state index in [9.17, 15) is 4.79 Å². The van der Waals surface area contributed by atoms with E-state index in [1.807, 2.05) is 10.9 Å². The van der Waals surface area contributed by atoms with Crippen molar-refractivity contribution in [3.05, 3.63) is 53.3 Å². The summed E-state index contributed by atoms with van der Waals surface area (Å²) in [5.74, 6) is -0.000271. The summed E-state index contributed by atoms with van der Waals surface area (Å²) in [6, 6.07) is 8.82. The van der Waals surface area contributed by atoms with E-state index in [4.69, 9.17) is 0 Å². The fourth-order valence-corrected chi connectivity index (χ4v) is 3.36. The Hall–Kier alpha value is -2.14. The summed E-state index contributed by atoms with van der Waals surface area (Å²) in [5.41, 5.74) is 3.41. The molecule has 3 rings (SSSR count). The number of likely N-dealkylation sites (tertiary alicyclic amines) is 1. The van der Waals surface area contributed by atoms with E-state index in [0.29, 0.717) is 5.56 Å². The Bertz CT molecular complexity index is 701. The van der Waals surface area contributed by atoms with Gasteiger partial charge in [-0.15, -0.1) is 0 Å². The van der Waals surface area contributed by atoms with Crippen molar-refractivity contribution in [2.75, 3.05) is 13.1 Å². The van der Waals surface area contributed by atoms with Gasteiger partial charge in [-0.05, 0) is 37.3 Å². The van der Waals surface area contributed by atoms with Crippen molar-refractivity contribution in [1.29, 1.82) is 0 Å². The lowest BCUT2D eigenvalue weighted by molar-refractivity contribution is 0.0909. The van der Waals surface area contributed by atoms with Crippen molar-refractivity contribution in [2.45, 2.75) is 52.2 Å². The van der Waals surface area contributed by atoms with E-state index in [-0.39, 0.29) is 11.9 Å². The molecule has 0 atom stereocenters. The van der Waals surface area contributed by atoms with Gasteiger partial charge in [0.25, 0.3) is 5.91 Å². The minimum Gasteiger partial charge on any atom is -0.349 e. The smallest absolute Gasteiger partial charge is 0.254 e. The molecule has 1 aromatic heterocycles. The first-order chi connectivity index (χ1) is 12.2. The van der Waals surface area contributed by atoms with Gasteiger partial charge < -0.3 is 5.32 Å². The van der Waals surface area contributed by atoms with Crippen LogP contribution in [0.1, 0.15) is 47.7 Å². The van der Waals surface area contributed by atoms with Gasteiger partial charge in [0.15, 0.2) is 0 Å². The first-order valence-electron chi connectivity index (χ1n) is 9.26. The molecule has 1 aliphatic heterocycles. The maximum absolute atomic E-state index is 12.4. The molecule has 5 heteroatoms. The first-order valence-corrected chi connectivity index (χ1v) is 9.26. The van der Waals surface area contributed by atoms with Crippen LogP contribution >= 0.6 is 0 Å². The van der Waals surface area contributed by atoms with Crippen molar-refractivity contribution in [3.8, 4) is 0 Å². The van der Waals surface area contributed by atoms with Gasteiger partial charge in [-0.3, -0.25) is 14.4 Å². The van der Waals surface area contributed by atoms with E-state index < -0.39 is 0 Å². The molecule has 0 saturated carbocycles. The summed E-state index contributed by atoms with van der Waals surface area (Å²) in [6.07, 6.45) is 6.52. The molecular weight excluding hydrogens is 312 g/mol. The predicted molar refractivity (Wildman–Crippen MR) is 99.5 cm³/mol. The molecule has 2 aromatic rings. The maximum Gasteiger partial charge on any atom is 0.254 e. The van der Waals surface area contributed by atoms with Crippen molar-refractivity contribution >= 4 is 5.91 Å². The van der Waals surface area contributed by atoms with Crippen LogP contribution in [0.2, 0.25) is 0 Å². The topological polar surface area (TPSA) is 50.2 Å². The number of carbonyl (C=O) groups is 1. The number of hydrogen-bond acceptors (Lipinski definition) is 3. The third kappa shape index (κ3) is 4.69. The van der Waals surface area contributed by atoms with E-state index in [1.165, 1.54) is 11.1 Å². The molecule has 1 amide bonds. The SMILES string of the molecule is CCCn1cc(C(=O)NC2CCN(Cc3ccccc3C)CC2)cn1. The number of amides is 1. The van der Waals surface area contributed by atoms with Crippen molar-refractivity contribution in [2.24, 2.45) is 0 Å². The Morgan fingerprint density at radius 2 is 2.04 bits per heavy atom. The fraction of sp³-hybridized carbons (Fsp3) is 0.500. The van der Waals surface area contributed by atoms with E-state index in [0.717, 1.165) is 45.4 Å². The van der Waals surface area contributed by atoms with Crippen LogP contribution in [0.25, 0.3) is 0 Å². The van der Waals surface area contributed by atoms with Crippen LogP contribution in [0.15, 0.2) is 36.7 Å². The van der Waals surface area contributed by atoms with Crippen LogP contribution < -0.4 is 5.32 Å². The maximum atomic E-state index is 12.4. The zero-order valence-electron chi connectivity index (χ0n) is 15.2. The highest BCUT2D eigenvalue weighted by Crippen LogP contribution is 2.16. The van der Waals surface area contributed by atoms with Gasteiger partial charge in [0.05, 0.1) is 11.8 Å². The van der Waals surface area contributed by atoms with Gasteiger partial charge in [-0.2, -0.15) is 5.10 Å². The molecular formula is C20H28N4O. The van der Waals surface area contributed by atoms with Gasteiger partial charge in [-0.25, -0.2) is 0 Å². The highest BCUT2D eigenvalue weighted by atomic mass is 16.1. The third-order valence-corrected chi connectivity index (χ3v) is 4.93. The number of nitrogens with one attached hydrogen (secondary N) is 1. The average molecular weight is 340 g/mol. The van der Waals surface area contributed by atoms with Crippen LogP contribution in [0, 0.1) is 6.92 Å². The van der Waals surface area contributed by atoms with Gasteiger partial charge in [0.2, 0.25) is 0 Å². The number of nitrogens with zero attached hydrogens (tertiary/aromatic N) is 3. The molecule has 0 unspecified atom stereocenters. The first kappa shape index (κ1) is 17.7. The normalized spacial score (nSPS) is 16.1. The molecule has 1 aromatic carbocycles. The van der Waals surface area contributed by atoms with E-state index in [2.05, 4.69) is 53.4 Å². The lowest BCUT2D eigenvalue weighted by Crippen LogP contribution is -2.44. The molecule has 1 N–H and O–H groups in total. The second-order valence-electron chi connectivity index (χ2n) is 6.94. The number of hydrogen-bond donors (Lipinski definition) is 1. The van der Waals surface area contributed by atoms with E-state index in [1.54, 1.807) is 6.20 Å². The lowest BCUT2D eigenvalue weighted by atomic mass is 10.0. The summed E-state index contributed by atoms with van der Waals surface area (Å²) in [5, 5.41) is 7.40. The number of aromatic nitrogens is 2. The number of carbonyl (C=O) groups excluding carboxylic acids is 1.